The van der Waals surface area contributed by atoms with Gasteiger partial charge >= 0.3 is 0 Å². The Labute approximate surface area is 169 Å². The number of carbonyl (C=O) groups excluding carboxylic acids is 1. The van der Waals surface area contributed by atoms with Gasteiger partial charge in [-0.25, -0.2) is 4.98 Å². The first-order valence-electron chi connectivity index (χ1n) is 9.69. The van der Waals surface area contributed by atoms with Gasteiger partial charge in [-0.15, -0.1) is 11.3 Å². The molecule has 146 valence electrons. The van der Waals surface area contributed by atoms with Crippen LogP contribution in [0.5, 0.6) is 5.75 Å². The summed E-state index contributed by atoms with van der Waals surface area (Å²) in [5, 5.41) is 1.05. The standard InChI is InChI=1S/C22H25N3O2S/c1-27-18-8-6-17(7-9-18)16-24-12-14-25(15-13-24)22(26)11-10-21-23-19-4-2-3-5-20(19)28-21/h2-9H,10-16H2,1H3. The van der Waals surface area contributed by atoms with Crippen LogP contribution in [-0.4, -0.2) is 54.0 Å². The van der Waals surface area contributed by atoms with Crippen LogP contribution in [0.4, 0.5) is 0 Å². The molecule has 1 aliphatic rings. The molecule has 1 fully saturated rings. The number of aromatic nitrogens is 1. The van der Waals surface area contributed by atoms with Crippen molar-refractivity contribution < 1.29 is 9.53 Å². The molecule has 0 radical (unpaired) electrons. The average Bonchev–Trinajstić information content (AvgIpc) is 3.16. The summed E-state index contributed by atoms with van der Waals surface area (Å²) in [6.45, 7) is 4.35. The Morgan fingerprint density at radius 2 is 1.82 bits per heavy atom. The number of aryl methyl sites for hydroxylation is 1. The molecular weight excluding hydrogens is 370 g/mol. The van der Waals surface area contributed by atoms with Gasteiger partial charge in [0.15, 0.2) is 0 Å². The summed E-state index contributed by atoms with van der Waals surface area (Å²) < 4.78 is 6.40. The highest BCUT2D eigenvalue weighted by molar-refractivity contribution is 7.18. The van der Waals surface area contributed by atoms with Gasteiger partial charge in [0.05, 0.1) is 22.3 Å². The van der Waals surface area contributed by atoms with Crippen LogP contribution >= 0.6 is 11.3 Å². The van der Waals surface area contributed by atoms with Gasteiger partial charge in [-0.1, -0.05) is 24.3 Å². The minimum atomic E-state index is 0.239. The minimum Gasteiger partial charge on any atom is -0.497 e. The number of nitrogens with zero attached hydrogens (tertiary/aromatic N) is 3. The van der Waals surface area contributed by atoms with Crippen LogP contribution in [0, 0.1) is 0 Å². The van der Waals surface area contributed by atoms with Crippen molar-refractivity contribution in [2.45, 2.75) is 19.4 Å². The van der Waals surface area contributed by atoms with Crippen LogP contribution in [-0.2, 0) is 17.8 Å². The number of rotatable bonds is 6. The van der Waals surface area contributed by atoms with Crippen molar-refractivity contribution >= 4 is 27.5 Å². The molecule has 0 bridgehead atoms. The molecule has 1 aromatic heterocycles. The molecule has 0 atom stereocenters. The van der Waals surface area contributed by atoms with Gasteiger partial charge in [-0.2, -0.15) is 0 Å². The van der Waals surface area contributed by atoms with E-state index in [1.807, 2.05) is 35.2 Å². The van der Waals surface area contributed by atoms with Crippen LogP contribution in [0.15, 0.2) is 48.5 Å². The fraction of sp³-hybridized carbons (Fsp3) is 0.364. The molecular formula is C22H25N3O2S. The van der Waals surface area contributed by atoms with Crippen molar-refractivity contribution in [3.8, 4) is 5.75 Å². The lowest BCUT2D eigenvalue weighted by atomic mass is 10.2. The smallest absolute Gasteiger partial charge is 0.223 e. The van der Waals surface area contributed by atoms with Gasteiger partial charge in [0.1, 0.15) is 5.75 Å². The molecule has 6 heteroatoms. The van der Waals surface area contributed by atoms with E-state index in [-0.39, 0.29) is 5.91 Å². The van der Waals surface area contributed by atoms with Crippen LogP contribution in [0.25, 0.3) is 10.2 Å². The fourth-order valence-corrected chi connectivity index (χ4v) is 4.51. The maximum absolute atomic E-state index is 12.6. The lowest BCUT2D eigenvalue weighted by molar-refractivity contribution is -0.133. The molecule has 28 heavy (non-hydrogen) atoms. The Kier molecular flexibility index (Phi) is 5.88. The molecule has 1 aliphatic heterocycles. The predicted molar refractivity (Wildman–Crippen MR) is 113 cm³/mol. The number of benzene rings is 2. The lowest BCUT2D eigenvalue weighted by Crippen LogP contribution is -2.48. The average molecular weight is 396 g/mol. The van der Waals surface area contributed by atoms with Gasteiger partial charge in [0.25, 0.3) is 0 Å². The van der Waals surface area contributed by atoms with Crippen LogP contribution < -0.4 is 4.74 Å². The quantitative estimate of drug-likeness (QED) is 0.640. The second-order valence-corrected chi connectivity index (χ2v) is 8.20. The third kappa shape index (κ3) is 4.51. The lowest BCUT2D eigenvalue weighted by Gasteiger charge is -2.34. The topological polar surface area (TPSA) is 45.7 Å². The van der Waals surface area contributed by atoms with Gasteiger partial charge < -0.3 is 9.64 Å². The number of fused-ring (bicyclic) bond motifs is 1. The van der Waals surface area contributed by atoms with Gasteiger partial charge in [0.2, 0.25) is 5.91 Å². The van der Waals surface area contributed by atoms with Crippen molar-refractivity contribution in [2.24, 2.45) is 0 Å². The Balaban J connectivity index is 1.24. The Morgan fingerprint density at radius 3 is 2.54 bits per heavy atom. The molecule has 3 aromatic rings. The van der Waals surface area contributed by atoms with E-state index in [0.717, 1.165) is 55.4 Å². The molecule has 0 saturated carbocycles. The molecule has 2 heterocycles. The van der Waals surface area contributed by atoms with Crippen LogP contribution in [0.3, 0.4) is 0 Å². The summed E-state index contributed by atoms with van der Waals surface area (Å²) in [7, 11) is 1.68. The third-order valence-corrected chi connectivity index (χ3v) is 6.28. The zero-order chi connectivity index (χ0) is 19.3. The zero-order valence-corrected chi connectivity index (χ0v) is 17.0. The molecule has 0 N–H and O–H groups in total. The minimum absolute atomic E-state index is 0.239. The third-order valence-electron chi connectivity index (χ3n) is 5.18. The second-order valence-electron chi connectivity index (χ2n) is 7.08. The molecule has 4 rings (SSSR count). The van der Waals surface area contributed by atoms with Crippen molar-refractivity contribution in [2.75, 3.05) is 33.3 Å². The number of amides is 1. The van der Waals surface area contributed by atoms with E-state index in [1.54, 1.807) is 18.4 Å². The van der Waals surface area contributed by atoms with E-state index in [2.05, 4.69) is 28.1 Å². The van der Waals surface area contributed by atoms with Crippen LogP contribution in [0.1, 0.15) is 17.0 Å². The molecule has 1 saturated heterocycles. The molecule has 5 nitrogen and oxygen atoms in total. The van der Waals surface area contributed by atoms with E-state index in [4.69, 9.17) is 4.74 Å². The highest BCUT2D eigenvalue weighted by Gasteiger charge is 2.21. The van der Waals surface area contributed by atoms with Crippen molar-refractivity contribution in [3.05, 3.63) is 59.1 Å². The molecule has 1 amide bonds. The number of thiazole rings is 1. The van der Waals surface area contributed by atoms with Gasteiger partial charge in [0, 0.05) is 45.6 Å². The number of ether oxygens (including phenoxy) is 1. The number of hydrogen-bond acceptors (Lipinski definition) is 5. The first-order chi connectivity index (χ1) is 13.7. The van der Waals surface area contributed by atoms with Crippen molar-refractivity contribution in [3.63, 3.8) is 0 Å². The van der Waals surface area contributed by atoms with Crippen molar-refractivity contribution in [1.82, 2.24) is 14.8 Å². The first-order valence-corrected chi connectivity index (χ1v) is 10.5. The first kappa shape index (κ1) is 18.9. The number of hydrogen-bond donors (Lipinski definition) is 0. The maximum Gasteiger partial charge on any atom is 0.223 e. The van der Waals surface area contributed by atoms with E-state index < -0.39 is 0 Å². The largest absolute Gasteiger partial charge is 0.497 e. The molecule has 0 unspecified atom stereocenters. The fourth-order valence-electron chi connectivity index (χ4n) is 3.54. The van der Waals surface area contributed by atoms with Gasteiger partial charge in [-0.3, -0.25) is 9.69 Å². The Morgan fingerprint density at radius 1 is 1.07 bits per heavy atom. The van der Waals surface area contributed by atoms with Crippen LogP contribution in [0.2, 0.25) is 0 Å². The molecule has 0 spiro atoms. The Bertz CT molecular complexity index is 897. The van der Waals surface area contributed by atoms with Crippen molar-refractivity contribution in [1.29, 1.82) is 0 Å². The maximum atomic E-state index is 12.6. The summed E-state index contributed by atoms with van der Waals surface area (Å²) in [4.78, 5) is 21.6. The highest BCUT2D eigenvalue weighted by atomic mass is 32.1. The highest BCUT2D eigenvalue weighted by Crippen LogP contribution is 2.22. The summed E-state index contributed by atoms with van der Waals surface area (Å²) in [6, 6.07) is 16.3. The van der Waals surface area contributed by atoms with Gasteiger partial charge in [-0.05, 0) is 29.8 Å². The Hall–Kier alpha value is -2.44. The summed E-state index contributed by atoms with van der Waals surface area (Å²) in [5.41, 5.74) is 2.30. The number of para-hydroxylation sites is 1. The molecule has 2 aromatic carbocycles. The zero-order valence-electron chi connectivity index (χ0n) is 16.1. The van der Waals surface area contributed by atoms with E-state index >= 15 is 0 Å². The van der Waals surface area contributed by atoms with E-state index in [0.29, 0.717) is 6.42 Å². The second kappa shape index (κ2) is 8.71. The predicted octanol–water partition coefficient (Wildman–Crippen LogP) is 3.58. The summed E-state index contributed by atoms with van der Waals surface area (Å²) in [5.74, 6) is 1.12. The number of carbonyl (C=O) groups is 1. The molecule has 0 aliphatic carbocycles. The monoisotopic (exact) mass is 395 g/mol. The summed E-state index contributed by atoms with van der Waals surface area (Å²) >= 11 is 1.69. The number of methoxy groups -OCH3 is 1. The number of piperazine rings is 1. The summed E-state index contributed by atoms with van der Waals surface area (Å²) in [6.07, 6.45) is 1.27. The SMILES string of the molecule is COc1ccc(CN2CCN(C(=O)CCc3nc4ccccc4s3)CC2)cc1. The van der Waals surface area contributed by atoms with E-state index in [1.165, 1.54) is 10.3 Å². The van der Waals surface area contributed by atoms with E-state index in [9.17, 15) is 4.79 Å². The normalized spacial score (nSPS) is 15.1.